The van der Waals surface area contributed by atoms with Crippen molar-refractivity contribution in [3.63, 3.8) is 0 Å². The highest BCUT2D eigenvalue weighted by Gasteiger charge is 2.30. The van der Waals surface area contributed by atoms with Crippen molar-refractivity contribution >= 4 is 5.78 Å². The maximum atomic E-state index is 12.0. The van der Waals surface area contributed by atoms with Gasteiger partial charge in [0.15, 0.2) is 0 Å². The van der Waals surface area contributed by atoms with E-state index in [1.54, 1.807) is 0 Å². The van der Waals surface area contributed by atoms with Gasteiger partial charge in [-0.3, -0.25) is 4.79 Å². The van der Waals surface area contributed by atoms with Crippen LogP contribution in [0.3, 0.4) is 0 Å². The molecule has 3 unspecified atom stereocenters. The maximum Gasteiger partial charge on any atom is 0.149 e. The molecule has 3 atom stereocenters. The van der Waals surface area contributed by atoms with Gasteiger partial charge in [-0.1, -0.05) is 31.2 Å². The second-order valence-electron chi connectivity index (χ2n) is 5.13. The van der Waals surface area contributed by atoms with Gasteiger partial charge in [0.25, 0.3) is 0 Å². The van der Waals surface area contributed by atoms with Gasteiger partial charge in [0.1, 0.15) is 5.78 Å². The van der Waals surface area contributed by atoms with Crippen LogP contribution in [0.4, 0.5) is 0 Å². The zero-order valence-electron chi connectivity index (χ0n) is 10.9. The molecule has 0 radical (unpaired) electrons. The summed E-state index contributed by atoms with van der Waals surface area (Å²) < 4.78 is 0. The van der Waals surface area contributed by atoms with Crippen molar-refractivity contribution in [3.05, 3.63) is 35.4 Å². The Morgan fingerprint density at radius 2 is 2.18 bits per heavy atom. The van der Waals surface area contributed by atoms with Gasteiger partial charge in [-0.2, -0.15) is 0 Å². The topological polar surface area (TPSA) is 29.1 Å². The molecule has 2 rings (SSSR count). The highest BCUT2D eigenvalue weighted by molar-refractivity contribution is 5.84. The Balaban J connectivity index is 2.05. The summed E-state index contributed by atoms with van der Waals surface area (Å²) in [7, 11) is 1.84. The maximum absolute atomic E-state index is 12.0. The second-order valence-corrected chi connectivity index (χ2v) is 5.13. The quantitative estimate of drug-likeness (QED) is 0.862. The highest BCUT2D eigenvalue weighted by atomic mass is 16.1. The molecule has 0 saturated carbocycles. The lowest BCUT2D eigenvalue weighted by Gasteiger charge is -2.17. The average Bonchev–Trinajstić information content (AvgIpc) is 2.66. The number of rotatable bonds is 4. The number of carbonyl (C=O) groups excluding carboxylic acids is 1. The zero-order valence-corrected chi connectivity index (χ0v) is 10.9. The number of likely N-dealkylation sites (N-methyl/N-ethyl adjacent to an activating group) is 1. The Morgan fingerprint density at radius 1 is 1.47 bits per heavy atom. The third-order valence-corrected chi connectivity index (χ3v) is 4.11. The van der Waals surface area contributed by atoms with Gasteiger partial charge in [0, 0.05) is 6.42 Å². The minimum Gasteiger partial charge on any atom is -0.311 e. The van der Waals surface area contributed by atoms with Crippen molar-refractivity contribution in [1.82, 2.24) is 5.32 Å². The lowest BCUT2D eigenvalue weighted by molar-refractivity contribution is -0.121. The molecule has 2 nitrogen and oxygen atoms in total. The first-order valence-corrected chi connectivity index (χ1v) is 6.41. The van der Waals surface area contributed by atoms with E-state index in [1.165, 1.54) is 11.1 Å². The van der Waals surface area contributed by atoms with E-state index < -0.39 is 0 Å². The molecule has 1 aliphatic rings. The summed E-state index contributed by atoms with van der Waals surface area (Å²) in [4.78, 5) is 12.0. The highest BCUT2D eigenvalue weighted by Crippen LogP contribution is 2.39. The van der Waals surface area contributed by atoms with E-state index >= 15 is 0 Å². The monoisotopic (exact) mass is 231 g/mol. The number of nitrogens with one attached hydrogen (secondary N) is 1. The molecule has 2 heteroatoms. The van der Waals surface area contributed by atoms with E-state index in [9.17, 15) is 4.79 Å². The van der Waals surface area contributed by atoms with Crippen LogP contribution >= 0.6 is 0 Å². The molecule has 17 heavy (non-hydrogen) atoms. The standard InChI is InChI=1S/C15H21NO/c1-10-13(9-15(17)11(2)16-3)8-12-6-4-5-7-14(10)12/h4-7,10-11,13,16H,8-9H2,1-3H3. The molecule has 0 spiro atoms. The predicted molar refractivity (Wildman–Crippen MR) is 70.2 cm³/mol. The van der Waals surface area contributed by atoms with E-state index in [2.05, 4.69) is 36.5 Å². The van der Waals surface area contributed by atoms with E-state index in [0.29, 0.717) is 24.0 Å². The number of hydrogen-bond donors (Lipinski definition) is 1. The number of hydrogen-bond acceptors (Lipinski definition) is 2. The summed E-state index contributed by atoms with van der Waals surface area (Å²) >= 11 is 0. The van der Waals surface area contributed by atoms with Crippen molar-refractivity contribution in [1.29, 1.82) is 0 Å². The SMILES string of the molecule is CNC(C)C(=O)CC1Cc2ccccc2C1C. The van der Waals surface area contributed by atoms with E-state index in [4.69, 9.17) is 0 Å². The van der Waals surface area contributed by atoms with Crippen molar-refractivity contribution in [3.8, 4) is 0 Å². The van der Waals surface area contributed by atoms with Gasteiger partial charge in [0.2, 0.25) is 0 Å². The van der Waals surface area contributed by atoms with Gasteiger partial charge in [-0.05, 0) is 43.4 Å². The van der Waals surface area contributed by atoms with Crippen LogP contribution in [0.1, 0.15) is 37.3 Å². The molecule has 0 bridgehead atoms. The third kappa shape index (κ3) is 2.42. The van der Waals surface area contributed by atoms with Gasteiger partial charge in [-0.25, -0.2) is 0 Å². The summed E-state index contributed by atoms with van der Waals surface area (Å²) in [5.74, 6) is 1.33. The van der Waals surface area contributed by atoms with E-state index in [0.717, 1.165) is 6.42 Å². The first-order chi connectivity index (χ1) is 8.13. The summed E-state index contributed by atoms with van der Waals surface area (Å²) in [5, 5.41) is 3.03. The fourth-order valence-corrected chi connectivity index (χ4v) is 2.72. The van der Waals surface area contributed by atoms with Crippen LogP contribution in [0.2, 0.25) is 0 Å². The number of Topliss-reactive ketones (excluding diaryl/α,β-unsaturated/α-hetero) is 1. The molecule has 0 amide bonds. The van der Waals surface area contributed by atoms with Crippen LogP contribution in [0.5, 0.6) is 0 Å². The molecule has 1 aromatic carbocycles. The number of fused-ring (bicyclic) bond motifs is 1. The molecule has 1 aromatic rings. The van der Waals surface area contributed by atoms with Crippen molar-refractivity contribution in [2.75, 3.05) is 7.05 Å². The largest absolute Gasteiger partial charge is 0.311 e. The minimum absolute atomic E-state index is 0.0223. The fraction of sp³-hybridized carbons (Fsp3) is 0.533. The Morgan fingerprint density at radius 3 is 2.82 bits per heavy atom. The van der Waals surface area contributed by atoms with Gasteiger partial charge < -0.3 is 5.32 Å². The molecular weight excluding hydrogens is 210 g/mol. The van der Waals surface area contributed by atoms with Crippen molar-refractivity contribution in [2.45, 2.75) is 38.6 Å². The second kappa shape index (κ2) is 5.01. The number of carbonyl (C=O) groups is 1. The molecule has 0 fully saturated rings. The first-order valence-electron chi connectivity index (χ1n) is 6.41. The smallest absolute Gasteiger partial charge is 0.149 e. The van der Waals surface area contributed by atoms with E-state index in [1.807, 2.05) is 14.0 Å². The van der Waals surface area contributed by atoms with Gasteiger partial charge in [-0.15, -0.1) is 0 Å². The van der Waals surface area contributed by atoms with Crippen molar-refractivity contribution < 1.29 is 4.79 Å². The summed E-state index contributed by atoms with van der Waals surface area (Å²) in [6, 6.07) is 8.55. The molecule has 1 aliphatic carbocycles. The Hall–Kier alpha value is -1.15. The average molecular weight is 231 g/mol. The molecule has 1 N–H and O–H groups in total. The number of ketones is 1. The normalized spacial score (nSPS) is 24.4. The summed E-state index contributed by atoms with van der Waals surface area (Å²) in [6.45, 7) is 4.18. The Labute approximate surface area is 103 Å². The van der Waals surface area contributed by atoms with Crippen LogP contribution in [-0.4, -0.2) is 18.9 Å². The third-order valence-electron chi connectivity index (χ3n) is 4.11. The summed E-state index contributed by atoms with van der Waals surface area (Å²) in [5.41, 5.74) is 2.86. The summed E-state index contributed by atoms with van der Waals surface area (Å²) in [6.07, 6.45) is 1.75. The van der Waals surface area contributed by atoms with Crippen LogP contribution < -0.4 is 5.32 Å². The molecular formula is C15H21NO. The minimum atomic E-state index is -0.0223. The van der Waals surface area contributed by atoms with E-state index in [-0.39, 0.29) is 6.04 Å². The zero-order chi connectivity index (χ0) is 12.4. The lowest BCUT2D eigenvalue weighted by atomic mass is 9.89. The Bertz CT molecular complexity index is 413. The molecule has 0 saturated heterocycles. The Kier molecular flexibility index (Phi) is 3.63. The van der Waals surface area contributed by atoms with Crippen LogP contribution in [-0.2, 0) is 11.2 Å². The van der Waals surface area contributed by atoms with Crippen molar-refractivity contribution in [2.24, 2.45) is 5.92 Å². The molecule has 92 valence electrons. The molecule has 0 aromatic heterocycles. The fourth-order valence-electron chi connectivity index (χ4n) is 2.72. The predicted octanol–water partition coefficient (Wildman–Crippen LogP) is 2.53. The van der Waals surface area contributed by atoms with Gasteiger partial charge >= 0.3 is 0 Å². The molecule has 0 heterocycles. The first kappa shape index (κ1) is 12.3. The molecule has 0 aliphatic heterocycles. The lowest BCUT2D eigenvalue weighted by Crippen LogP contribution is -2.32. The van der Waals surface area contributed by atoms with Gasteiger partial charge in [0.05, 0.1) is 6.04 Å². The van der Waals surface area contributed by atoms with Crippen LogP contribution in [0.15, 0.2) is 24.3 Å². The van der Waals surface area contributed by atoms with Crippen LogP contribution in [0.25, 0.3) is 0 Å². The van der Waals surface area contributed by atoms with Crippen LogP contribution in [0, 0.1) is 5.92 Å². The number of benzene rings is 1.